The molecule has 4 nitrogen and oxygen atoms in total. The first-order valence-electron chi connectivity index (χ1n) is 5.28. The van der Waals surface area contributed by atoms with E-state index in [1.165, 1.54) is 4.90 Å². The third-order valence-electron chi connectivity index (χ3n) is 2.87. The molecule has 1 saturated heterocycles. The molecule has 1 fully saturated rings. The van der Waals surface area contributed by atoms with E-state index in [4.69, 9.17) is 5.11 Å². The molecule has 0 spiro atoms. The Balaban J connectivity index is 2.29. The molecule has 1 N–H and O–H groups in total. The Hall–Kier alpha value is -1.36. The first kappa shape index (κ1) is 12.1. The zero-order chi connectivity index (χ0) is 12.6. The van der Waals surface area contributed by atoms with Gasteiger partial charge >= 0.3 is 5.97 Å². The summed E-state index contributed by atoms with van der Waals surface area (Å²) in [6.45, 7) is 2.20. The van der Waals surface area contributed by atoms with Crippen LogP contribution in [0.5, 0.6) is 0 Å². The van der Waals surface area contributed by atoms with Crippen molar-refractivity contribution in [1.29, 1.82) is 0 Å². The molecule has 1 aromatic carbocycles. The SMILES string of the molecule is Cc1ccc(N2CC(C(=O)O)CC2=O)c(Br)c1. The van der Waals surface area contributed by atoms with E-state index in [0.717, 1.165) is 15.7 Å². The van der Waals surface area contributed by atoms with Gasteiger partial charge in [-0.15, -0.1) is 0 Å². The van der Waals surface area contributed by atoms with Crippen LogP contribution < -0.4 is 4.90 Å². The molecule has 1 aliphatic heterocycles. The Bertz CT molecular complexity index is 487. The molecule has 2 rings (SSSR count). The maximum Gasteiger partial charge on any atom is 0.308 e. The van der Waals surface area contributed by atoms with E-state index in [-0.39, 0.29) is 18.9 Å². The Morgan fingerprint density at radius 2 is 2.24 bits per heavy atom. The molecule has 0 bridgehead atoms. The minimum absolute atomic E-state index is 0.0790. The number of hydrogen-bond acceptors (Lipinski definition) is 2. The number of benzene rings is 1. The van der Waals surface area contributed by atoms with Gasteiger partial charge < -0.3 is 10.0 Å². The van der Waals surface area contributed by atoms with E-state index < -0.39 is 11.9 Å². The highest BCUT2D eigenvalue weighted by molar-refractivity contribution is 9.10. The van der Waals surface area contributed by atoms with Gasteiger partial charge in [0.15, 0.2) is 0 Å². The number of hydrogen-bond donors (Lipinski definition) is 1. The van der Waals surface area contributed by atoms with Crippen molar-refractivity contribution < 1.29 is 14.7 Å². The van der Waals surface area contributed by atoms with Crippen molar-refractivity contribution >= 4 is 33.5 Å². The van der Waals surface area contributed by atoms with Gasteiger partial charge in [-0.25, -0.2) is 0 Å². The topological polar surface area (TPSA) is 57.6 Å². The van der Waals surface area contributed by atoms with Crippen molar-refractivity contribution in [2.75, 3.05) is 11.4 Å². The number of halogens is 1. The summed E-state index contributed by atoms with van der Waals surface area (Å²) < 4.78 is 0.817. The second-order valence-electron chi connectivity index (χ2n) is 4.20. The molecule has 1 aliphatic rings. The van der Waals surface area contributed by atoms with Gasteiger partial charge in [-0.05, 0) is 40.5 Å². The summed E-state index contributed by atoms with van der Waals surface area (Å²) in [5, 5.41) is 8.92. The first-order valence-corrected chi connectivity index (χ1v) is 6.07. The van der Waals surface area contributed by atoms with E-state index in [9.17, 15) is 9.59 Å². The number of aliphatic carboxylic acids is 1. The number of carboxylic acids is 1. The van der Waals surface area contributed by atoms with E-state index in [1.807, 2.05) is 25.1 Å². The fourth-order valence-corrected chi connectivity index (χ4v) is 2.64. The van der Waals surface area contributed by atoms with Crippen molar-refractivity contribution in [2.45, 2.75) is 13.3 Å². The molecule has 1 atom stereocenters. The number of rotatable bonds is 2. The van der Waals surface area contributed by atoms with Gasteiger partial charge in [0, 0.05) is 17.4 Å². The summed E-state index contributed by atoms with van der Waals surface area (Å²) in [5.41, 5.74) is 1.83. The predicted octanol–water partition coefficient (Wildman–Crippen LogP) is 2.20. The summed E-state index contributed by atoms with van der Waals surface area (Å²) >= 11 is 3.40. The third kappa shape index (κ3) is 2.34. The molecule has 0 aromatic heterocycles. The van der Waals surface area contributed by atoms with Crippen molar-refractivity contribution in [2.24, 2.45) is 5.92 Å². The second-order valence-corrected chi connectivity index (χ2v) is 5.05. The number of carbonyl (C=O) groups excluding carboxylic acids is 1. The van der Waals surface area contributed by atoms with Crippen molar-refractivity contribution in [1.82, 2.24) is 0 Å². The molecule has 90 valence electrons. The fourth-order valence-electron chi connectivity index (χ4n) is 1.94. The Kier molecular flexibility index (Phi) is 3.19. The third-order valence-corrected chi connectivity index (χ3v) is 3.50. The summed E-state index contributed by atoms with van der Waals surface area (Å²) in [6.07, 6.45) is 0.0790. The number of carboxylic acid groups (broad SMARTS) is 1. The summed E-state index contributed by atoms with van der Waals surface area (Å²) in [5.74, 6) is -1.65. The van der Waals surface area contributed by atoms with Crippen LogP contribution in [0.1, 0.15) is 12.0 Å². The van der Waals surface area contributed by atoms with Gasteiger partial charge in [-0.3, -0.25) is 9.59 Å². The van der Waals surface area contributed by atoms with Crippen molar-refractivity contribution in [3.05, 3.63) is 28.2 Å². The van der Waals surface area contributed by atoms with E-state index in [2.05, 4.69) is 15.9 Å². The van der Waals surface area contributed by atoms with Gasteiger partial charge in [0.1, 0.15) is 0 Å². The zero-order valence-electron chi connectivity index (χ0n) is 9.31. The second kappa shape index (κ2) is 4.49. The van der Waals surface area contributed by atoms with E-state index in [1.54, 1.807) is 0 Å². The minimum atomic E-state index is -0.913. The Morgan fingerprint density at radius 3 is 2.76 bits per heavy atom. The largest absolute Gasteiger partial charge is 0.481 e. The lowest BCUT2D eigenvalue weighted by Gasteiger charge is -2.18. The highest BCUT2D eigenvalue weighted by atomic mass is 79.9. The standard InChI is InChI=1S/C12H12BrNO3/c1-7-2-3-10(9(13)4-7)14-6-8(12(16)17)5-11(14)15/h2-4,8H,5-6H2,1H3,(H,16,17). The van der Waals surface area contributed by atoms with Gasteiger partial charge in [0.05, 0.1) is 11.6 Å². The summed E-state index contributed by atoms with van der Waals surface area (Å²) in [4.78, 5) is 24.2. The quantitative estimate of drug-likeness (QED) is 0.910. The average molecular weight is 298 g/mol. The van der Waals surface area contributed by atoms with E-state index >= 15 is 0 Å². The fraction of sp³-hybridized carbons (Fsp3) is 0.333. The average Bonchev–Trinajstić information content (AvgIpc) is 2.61. The molecule has 0 aliphatic carbocycles. The molecule has 17 heavy (non-hydrogen) atoms. The molecular formula is C12H12BrNO3. The highest BCUT2D eigenvalue weighted by Crippen LogP contribution is 2.32. The number of anilines is 1. The van der Waals surface area contributed by atoms with Crippen LogP contribution in [-0.2, 0) is 9.59 Å². The molecule has 0 saturated carbocycles. The molecule has 0 radical (unpaired) electrons. The Morgan fingerprint density at radius 1 is 1.53 bits per heavy atom. The van der Waals surface area contributed by atoms with Crippen molar-refractivity contribution in [3.63, 3.8) is 0 Å². The van der Waals surface area contributed by atoms with Gasteiger partial charge in [-0.1, -0.05) is 6.07 Å². The van der Waals surface area contributed by atoms with Gasteiger partial charge in [0.2, 0.25) is 5.91 Å². The highest BCUT2D eigenvalue weighted by Gasteiger charge is 2.35. The smallest absolute Gasteiger partial charge is 0.308 e. The van der Waals surface area contributed by atoms with Crippen molar-refractivity contribution in [3.8, 4) is 0 Å². The Labute approximate surface area is 107 Å². The minimum Gasteiger partial charge on any atom is -0.481 e. The number of amides is 1. The van der Waals surface area contributed by atoms with Crippen LogP contribution >= 0.6 is 15.9 Å². The van der Waals surface area contributed by atoms with Gasteiger partial charge in [-0.2, -0.15) is 0 Å². The zero-order valence-corrected chi connectivity index (χ0v) is 10.9. The lowest BCUT2D eigenvalue weighted by Crippen LogP contribution is -2.26. The van der Waals surface area contributed by atoms with Crippen LogP contribution in [0.4, 0.5) is 5.69 Å². The first-order chi connectivity index (χ1) is 7.99. The lowest BCUT2D eigenvalue weighted by molar-refractivity contribution is -0.141. The molecule has 5 heteroatoms. The lowest BCUT2D eigenvalue weighted by atomic mass is 10.1. The molecule has 1 amide bonds. The molecular weight excluding hydrogens is 286 g/mol. The van der Waals surface area contributed by atoms with Crippen LogP contribution in [0.3, 0.4) is 0 Å². The monoisotopic (exact) mass is 297 g/mol. The van der Waals surface area contributed by atoms with Crippen LogP contribution in [0.25, 0.3) is 0 Å². The number of carbonyl (C=O) groups is 2. The van der Waals surface area contributed by atoms with Gasteiger partial charge in [0.25, 0.3) is 0 Å². The van der Waals surface area contributed by atoms with E-state index in [0.29, 0.717) is 0 Å². The molecule has 1 unspecified atom stereocenters. The maximum absolute atomic E-state index is 11.8. The van der Waals surface area contributed by atoms with Crippen LogP contribution in [0.2, 0.25) is 0 Å². The molecule has 1 aromatic rings. The summed E-state index contributed by atoms with van der Waals surface area (Å²) in [6, 6.07) is 5.65. The van der Waals surface area contributed by atoms with Crippen LogP contribution in [0, 0.1) is 12.8 Å². The summed E-state index contributed by atoms with van der Waals surface area (Å²) in [7, 11) is 0. The maximum atomic E-state index is 11.8. The number of nitrogens with zero attached hydrogens (tertiary/aromatic N) is 1. The predicted molar refractivity (Wildman–Crippen MR) is 67.0 cm³/mol. The normalized spacial score (nSPS) is 19.8. The number of aryl methyl sites for hydroxylation is 1. The van der Waals surface area contributed by atoms with Crippen LogP contribution in [0.15, 0.2) is 22.7 Å². The molecule has 1 heterocycles. The van der Waals surface area contributed by atoms with Crippen LogP contribution in [-0.4, -0.2) is 23.5 Å².